The van der Waals surface area contributed by atoms with Crippen LogP contribution in [-0.2, 0) is 17.6 Å². The van der Waals surface area contributed by atoms with E-state index in [9.17, 15) is 4.79 Å². The van der Waals surface area contributed by atoms with Gasteiger partial charge in [0.05, 0.1) is 10.9 Å². The van der Waals surface area contributed by atoms with Gasteiger partial charge in [0.25, 0.3) is 0 Å². The second-order valence-corrected chi connectivity index (χ2v) is 5.61. The molecular weight excluding hydrogens is 248 g/mol. The molecule has 4 heteroatoms. The van der Waals surface area contributed by atoms with Crippen LogP contribution in [0.2, 0.25) is 5.15 Å². The number of aromatic nitrogens is 1. The van der Waals surface area contributed by atoms with E-state index in [1.54, 1.807) is 6.07 Å². The van der Waals surface area contributed by atoms with Gasteiger partial charge in [-0.25, -0.2) is 4.98 Å². The lowest BCUT2D eigenvalue weighted by molar-refractivity contribution is -0.126. The van der Waals surface area contributed by atoms with E-state index in [-0.39, 0.29) is 5.91 Å². The molecule has 0 spiro atoms. The van der Waals surface area contributed by atoms with E-state index in [2.05, 4.69) is 11.1 Å². The van der Waals surface area contributed by atoms with Gasteiger partial charge in [0.2, 0.25) is 5.91 Å². The molecule has 1 aromatic carbocycles. The Kier molecular flexibility index (Phi) is 2.35. The number of carbonyl (C=O) groups excluding carboxylic acids is 1. The summed E-state index contributed by atoms with van der Waals surface area (Å²) in [5.74, 6) is -0.242. The van der Waals surface area contributed by atoms with Gasteiger partial charge < -0.3 is 5.73 Å². The first-order valence-corrected chi connectivity index (χ1v) is 6.24. The zero-order valence-corrected chi connectivity index (χ0v) is 10.8. The number of primary amides is 1. The van der Waals surface area contributed by atoms with Crippen molar-refractivity contribution in [3.05, 3.63) is 40.5 Å². The molecular formula is C14H13ClN2O. The van der Waals surface area contributed by atoms with Gasteiger partial charge in [-0.15, -0.1) is 0 Å². The van der Waals surface area contributed by atoms with Crippen molar-refractivity contribution >= 4 is 28.4 Å². The maximum Gasteiger partial charge on any atom is 0.224 e. The maximum atomic E-state index is 11.5. The molecule has 1 heterocycles. The van der Waals surface area contributed by atoms with Crippen LogP contribution in [0, 0.1) is 5.41 Å². The predicted octanol–water partition coefficient (Wildman–Crippen LogP) is 2.48. The smallest absolute Gasteiger partial charge is 0.224 e. The van der Waals surface area contributed by atoms with E-state index < -0.39 is 5.41 Å². The van der Waals surface area contributed by atoms with E-state index >= 15 is 0 Å². The van der Waals surface area contributed by atoms with Gasteiger partial charge in [-0.05, 0) is 48.2 Å². The summed E-state index contributed by atoms with van der Waals surface area (Å²) in [5, 5.41) is 1.53. The highest BCUT2D eigenvalue weighted by Crippen LogP contribution is 2.38. The number of fused-ring (bicyclic) bond motifs is 2. The van der Waals surface area contributed by atoms with Crippen molar-refractivity contribution in [3.63, 3.8) is 0 Å². The number of nitrogens with zero attached hydrogens (tertiary/aromatic N) is 1. The Morgan fingerprint density at radius 2 is 2.00 bits per heavy atom. The fourth-order valence-electron chi connectivity index (χ4n) is 2.64. The largest absolute Gasteiger partial charge is 0.369 e. The van der Waals surface area contributed by atoms with Gasteiger partial charge >= 0.3 is 0 Å². The minimum Gasteiger partial charge on any atom is -0.369 e. The Balaban J connectivity index is 2.14. The third kappa shape index (κ3) is 1.66. The van der Waals surface area contributed by atoms with Crippen molar-refractivity contribution in [3.8, 4) is 0 Å². The minimum absolute atomic E-state index is 0.242. The van der Waals surface area contributed by atoms with Gasteiger partial charge in [0.15, 0.2) is 0 Å². The fourth-order valence-corrected chi connectivity index (χ4v) is 2.80. The zero-order valence-electron chi connectivity index (χ0n) is 10.0. The van der Waals surface area contributed by atoms with Crippen LogP contribution in [0.15, 0.2) is 24.3 Å². The molecule has 2 aromatic rings. The van der Waals surface area contributed by atoms with Crippen molar-refractivity contribution in [1.29, 1.82) is 0 Å². The molecule has 2 N–H and O–H groups in total. The van der Waals surface area contributed by atoms with E-state index in [4.69, 9.17) is 17.3 Å². The van der Waals surface area contributed by atoms with Gasteiger partial charge in [-0.3, -0.25) is 4.79 Å². The molecule has 1 aliphatic rings. The molecule has 1 aliphatic carbocycles. The van der Waals surface area contributed by atoms with E-state index in [1.807, 2.05) is 19.1 Å². The van der Waals surface area contributed by atoms with Crippen LogP contribution in [0.25, 0.3) is 10.9 Å². The summed E-state index contributed by atoms with van der Waals surface area (Å²) in [5.41, 5.74) is 8.23. The highest BCUT2D eigenvalue weighted by molar-refractivity contribution is 6.29. The normalized spacial score (nSPS) is 22.1. The highest BCUT2D eigenvalue weighted by atomic mass is 35.5. The van der Waals surface area contributed by atoms with E-state index in [0.717, 1.165) is 16.5 Å². The van der Waals surface area contributed by atoms with Crippen molar-refractivity contribution in [2.75, 3.05) is 0 Å². The Morgan fingerprint density at radius 3 is 2.67 bits per heavy atom. The molecule has 3 nitrogen and oxygen atoms in total. The number of amides is 1. The quantitative estimate of drug-likeness (QED) is 0.801. The average molecular weight is 261 g/mol. The molecule has 0 bridgehead atoms. The lowest BCUT2D eigenvalue weighted by Gasteiger charge is -2.17. The first kappa shape index (κ1) is 11.5. The van der Waals surface area contributed by atoms with Gasteiger partial charge in [-0.2, -0.15) is 0 Å². The molecule has 1 amide bonds. The number of pyridine rings is 1. The second-order valence-electron chi connectivity index (χ2n) is 5.23. The van der Waals surface area contributed by atoms with Crippen LogP contribution in [0.5, 0.6) is 0 Å². The molecule has 1 atom stereocenters. The number of hydrogen-bond acceptors (Lipinski definition) is 2. The molecule has 0 radical (unpaired) electrons. The Hall–Kier alpha value is -1.61. The molecule has 92 valence electrons. The average Bonchev–Trinajstić information content (AvgIpc) is 2.62. The van der Waals surface area contributed by atoms with Crippen LogP contribution in [0.1, 0.15) is 18.1 Å². The predicted molar refractivity (Wildman–Crippen MR) is 71.5 cm³/mol. The van der Waals surface area contributed by atoms with E-state index in [1.165, 1.54) is 5.56 Å². The van der Waals surface area contributed by atoms with Crippen molar-refractivity contribution < 1.29 is 4.79 Å². The van der Waals surface area contributed by atoms with Crippen molar-refractivity contribution in [2.24, 2.45) is 11.1 Å². The summed E-state index contributed by atoms with van der Waals surface area (Å²) >= 11 is 5.89. The van der Waals surface area contributed by atoms with Gasteiger partial charge in [0.1, 0.15) is 5.15 Å². The number of halogens is 1. The molecule has 0 fully saturated rings. The van der Waals surface area contributed by atoms with Crippen LogP contribution in [0.4, 0.5) is 0 Å². The topological polar surface area (TPSA) is 56.0 Å². The molecule has 18 heavy (non-hydrogen) atoms. The van der Waals surface area contributed by atoms with Crippen LogP contribution < -0.4 is 5.73 Å². The Labute approximate surface area is 110 Å². The van der Waals surface area contributed by atoms with Gasteiger partial charge in [-0.1, -0.05) is 18.5 Å². The SMILES string of the molecule is CC1(C(N)=O)Cc2cc3ccc(Cl)nc3cc2C1. The number of nitrogens with two attached hydrogens (primary N) is 1. The molecule has 0 saturated carbocycles. The molecule has 3 rings (SSSR count). The van der Waals surface area contributed by atoms with Crippen LogP contribution >= 0.6 is 11.6 Å². The highest BCUT2D eigenvalue weighted by Gasteiger charge is 2.38. The van der Waals surface area contributed by atoms with Crippen molar-refractivity contribution in [1.82, 2.24) is 4.98 Å². The number of rotatable bonds is 1. The number of benzene rings is 1. The molecule has 0 saturated heterocycles. The maximum absolute atomic E-state index is 11.5. The zero-order chi connectivity index (χ0) is 12.9. The lowest BCUT2D eigenvalue weighted by Crippen LogP contribution is -2.34. The fraction of sp³-hybridized carbons (Fsp3) is 0.286. The standard InChI is InChI=1S/C14H13ClN2O/c1-14(13(16)18)6-9-4-8-2-3-12(15)17-11(8)5-10(9)7-14/h2-5H,6-7H2,1H3,(H2,16,18). The Bertz CT molecular complexity index is 668. The third-order valence-electron chi connectivity index (χ3n) is 3.73. The summed E-state index contributed by atoms with van der Waals surface area (Å²) in [4.78, 5) is 15.8. The molecule has 0 aliphatic heterocycles. The summed E-state index contributed by atoms with van der Waals surface area (Å²) in [7, 11) is 0. The lowest BCUT2D eigenvalue weighted by atomic mass is 9.87. The van der Waals surface area contributed by atoms with E-state index in [0.29, 0.717) is 18.0 Å². The summed E-state index contributed by atoms with van der Waals surface area (Å²) < 4.78 is 0. The summed E-state index contributed by atoms with van der Waals surface area (Å²) in [6, 6.07) is 7.83. The summed E-state index contributed by atoms with van der Waals surface area (Å²) in [6.07, 6.45) is 1.39. The van der Waals surface area contributed by atoms with Crippen LogP contribution in [0.3, 0.4) is 0 Å². The Morgan fingerprint density at radius 1 is 1.33 bits per heavy atom. The third-order valence-corrected chi connectivity index (χ3v) is 3.94. The second kappa shape index (κ2) is 3.69. The minimum atomic E-state index is -0.469. The number of carbonyl (C=O) groups is 1. The first-order chi connectivity index (χ1) is 8.48. The number of hydrogen-bond donors (Lipinski definition) is 1. The van der Waals surface area contributed by atoms with Gasteiger partial charge in [0, 0.05) is 5.39 Å². The first-order valence-electron chi connectivity index (χ1n) is 5.86. The van der Waals surface area contributed by atoms with Crippen molar-refractivity contribution in [2.45, 2.75) is 19.8 Å². The molecule has 1 unspecified atom stereocenters. The monoisotopic (exact) mass is 260 g/mol. The summed E-state index contributed by atoms with van der Waals surface area (Å²) in [6.45, 7) is 1.92. The molecule has 1 aromatic heterocycles. The van der Waals surface area contributed by atoms with Crippen LogP contribution in [-0.4, -0.2) is 10.9 Å².